The molecule has 2 aromatic carbocycles. The number of hydrogen-bond donors (Lipinski definition) is 2. The molecule has 37 heavy (non-hydrogen) atoms. The van der Waals surface area contributed by atoms with Crippen LogP contribution in [-0.4, -0.2) is 53.5 Å². The highest BCUT2D eigenvalue weighted by Gasteiger charge is 2.29. The van der Waals surface area contributed by atoms with E-state index < -0.39 is 35.9 Å². The third kappa shape index (κ3) is 6.20. The van der Waals surface area contributed by atoms with E-state index in [-0.39, 0.29) is 22.6 Å². The van der Waals surface area contributed by atoms with Crippen molar-refractivity contribution in [1.29, 1.82) is 0 Å². The number of nitrogens with one attached hydrogen (secondary N) is 1. The van der Waals surface area contributed by atoms with Crippen molar-refractivity contribution in [1.82, 2.24) is 15.2 Å². The van der Waals surface area contributed by atoms with Crippen molar-refractivity contribution < 1.29 is 28.2 Å². The van der Waals surface area contributed by atoms with Crippen molar-refractivity contribution in [3.63, 3.8) is 0 Å². The minimum Gasteiger partial charge on any atom is -0.475 e. The molecule has 1 saturated heterocycles. The molecule has 196 valence electrons. The second kappa shape index (κ2) is 11.7. The van der Waals surface area contributed by atoms with Gasteiger partial charge in [-0.2, -0.15) is 0 Å². The van der Waals surface area contributed by atoms with Gasteiger partial charge in [0.1, 0.15) is 5.69 Å². The second-order valence-corrected chi connectivity index (χ2v) is 10.1. The predicted octanol–water partition coefficient (Wildman–Crippen LogP) is 4.92. The molecule has 1 unspecified atom stereocenters. The van der Waals surface area contributed by atoms with Crippen molar-refractivity contribution in [2.24, 2.45) is 5.92 Å². The minimum absolute atomic E-state index is 0.00254. The van der Waals surface area contributed by atoms with Crippen LogP contribution >= 0.6 is 27.5 Å². The number of oxazole rings is 1. The summed E-state index contributed by atoms with van der Waals surface area (Å²) in [5.74, 6) is -3.19. The van der Waals surface area contributed by atoms with E-state index in [1.165, 1.54) is 12.1 Å². The van der Waals surface area contributed by atoms with Crippen LogP contribution in [-0.2, 0) is 4.79 Å². The lowest BCUT2D eigenvalue weighted by Gasteiger charge is -2.27. The standard InChI is InChI=1S/C26H26BrClFN3O5/c1-14-3-5-15(6-4-14)22-23(27)37-26(30-22)19(13-33)36-18-8-7-17(28)20(21(18)29)25(35)31-24(34)16-9-11-32(2)12-10-16/h3-8,16,19,33H,9-13H2,1-2H3,(H,31,34,35). The van der Waals surface area contributed by atoms with Crippen molar-refractivity contribution in [2.45, 2.75) is 25.9 Å². The van der Waals surface area contributed by atoms with Gasteiger partial charge < -0.3 is 19.2 Å². The van der Waals surface area contributed by atoms with Crippen LogP contribution in [0.25, 0.3) is 11.3 Å². The van der Waals surface area contributed by atoms with Gasteiger partial charge in [-0.15, -0.1) is 0 Å². The number of imide groups is 1. The van der Waals surface area contributed by atoms with Crippen molar-refractivity contribution in [3.05, 3.63) is 68.9 Å². The lowest BCUT2D eigenvalue weighted by atomic mass is 9.96. The van der Waals surface area contributed by atoms with Crippen molar-refractivity contribution >= 4 is 39.3 Å². The SMILES string of the molecule is Cc1ccc(-c2nc(C(CO)Oc3ccc(Cl)c(C(=O)NC(=O)C4CCN(C)CC4)c3F)oc2Br)cc1. The number of nitrogens with zero attached hydrogens (tertiary/aromatic N) is 2. The Morgan fingerprint density at radius 3 is 2.59 bits per heavy atom. The molecule has 2 heterocycles. The van der Waals surface area contributed by atoms with Crippen LogP contribution in [0.5, 0.6) is 5.75 Å². The van der Waals surface area contributed by atoms with Gasteiger partial charge in [-0.1, -0.05) is 41.4 Å². The molecule has 1 atom stereocenters. The average Bonchev–Trinajstić information content (AvgIpc) is 3.25. The van der Waals surface area contributed by atoms with E-state index in [2.05, 4.69) is 31.1 Å². The third-order valence-corrected chi connectivity index (χ3v) is 7.10. The van der Waals surface area contributed by atoms with Crippen LogP contribution in [0.4, 0.5) is 4.39 Å². The molecule has 0 saturated carbocycles. The smallest absolute Gasteiger partial charge is 0.262 e. The number of ether oxygens (including phenoxy) is 1. The molecule has 1 aromatic heterocycles. The first kappa shape index (κ1) is 27.3. The molecular formula is C26H26BrClFN3O5. The number of hydrogen-bond acceptors (Lipinski definition) is 7. The fourth-order valence-corrected chi connectivity index (χ4v) is 4.76. The molecule has 2 amide bonds. The highest BCUT2D eigenvalue weighted by Crippen LogP contribution is 2.34. The zero-order chi connectivity index (χ0) is 26.7. The van der Waals surface area contributed by atoms with Gasteiger partial charge in [-0.3, -0.25) is 14.9 Å². The first-order valence-electron chi connectivity index (χ1n) is 11.7. The summed E-state index contributed by atoms with van der Waals surface area (Å²) >= 11 is 9.44. The monoisotopic (exact) mass is 593 g/mol. The topological polar surface area (TPSA) is 105 Å². The summed E-state index contributed by atoms with van der Waals surface area (Å²) in [4.78, 5) is 31.9. The lowest BCUT2D eigenvalue weighted by Crippen LogP contribution is -2.41. The zero-order valence-corrected chi connectivity index (χ0v) is 22.6. The molecule has 4 rings (SSSR count). The Labute approximate surface area is 226 Å². The highest BCUT2D eigenvalue weighted by atomic mass is 79.9. The Kier molecular flexibility index (Phi) is 8.63. The molecule has 1 fully saturated rings. The number of carbonyl (C=O) groups is 2. The summed E-state index contributed by atoms with van der Waals surface area (Å²) in [6.07, 6.45) is 0.0234. The van der Waals surface area contributed by atoms with Gasteiger partial charge in [0, 0.05) is 11.5 Å². The predicted molar refractivity (Wildman–Crippen MR) is 139 cm³/mol. The minimum atomic E-state index is -1.18. The van der Waals surface area contributed by atoms with E-state index in [0.29, 0.717) is 23.2 Å². The van der Waals surface area contributed by atoms with Crippen molar-refractivity contribution in [2.75, 3.05) is 26.7 Å². The van der Waals surface area contributed by atoms with Gasteiger partial charge >= 0.3 is 0 Å². The molecule has 0 radical (unpaired) electrons. The molecule has 0 aliphatic carbocycles. The zero-order valence-electron chi connectivity index (χ0n) is 20.3. The Hall–Kier alpha value is -2.79. The number of amides is 2. The summed E-state index contributed by atoms with van der Waals surface area (Å²) < 4.78 is 27.0. The number of aryl methyl sites for hydroxylation is 1. The molecule has 2 N–H and O–H groups in total. The summed E-state index contributed by atoms with van der Waals surface area (Å²) in [7, 11) is 1.96. The molecule has 1 aliphatic rings. The van der Waals surface area contributed by atoms with Crippen LogP contribution in [0, 0.1) is 18.7 Å². The van der Waals surface area contributed by atoms with Crippen molar-refractivity contribution in [3.8, 4) is 17.0 Å². The first-order chi connectivity index (χ1) is 17.7. The van der Waals surface area contributed by atoms with Gasteiger partial charge in [0.05, 0.1) is 17.2 Å². The van der Waals surface area contributed by atoms with Crippen LogP contribution in [0.1, 0.15) is 40.8 Å². The third-order valence-electron chi connectivity index (χ3n) is 6.25. The molecule has 0 bridgehead atoms. The number of benzene rings is 2. The summed E-state index contributed by atoms with van der Waals surface area (Å²) in [5.41, 5.74) is 1.81. The van der Waals surface area contributed by atoms with Gasteiger partial charge in [-0.05, 0) is 68.0 Å². The number of likely N-dealkylation sites (tertiary alicyclic amines) is 1. The number of aromatic nitrogens is 1. The molecule has 0 spiro atoms. The van der Waals surface area contributed by atoms with E-state index in [1.54, 1.807) is 0 Å². The Morgan fingerprint density at radius 1 is 1.27 bits per heavy atom. The maximum atomic E-state index is 15.4. The average molecular weight is 595 g/mol. The van der Waals surface area contributed by atoms with E-state index >= 15 is 4.39 Å². The van der Waals surface area contributed by atoms with Crippen LogP contribution < -0.4 is 10.1 Å². The molecular weight excluding hydrogens is 569 g/mol. The second-order valence-electron chi connectivity index (χ2n) is 8.96. The van der Waals surface area contributed by atoms with Gasteiger partial charge in [0.2, 0.25) is 11.8 Å². The van der Waals surface area contributed by atoms with Crippen LogP contribution in [0.15, 0.2) is 45.5 Å². The van der Waals surface area contributed by atoms with Gasteiger partial charge in [0.15, 0.2) is 22.3 Å². The quantitative estimate of drug-likeness (QED) is 0.374. The lowest BCUT2D eigenvalue weighted by molar-refractivity contribution is -0.125. The van der Waals surface area contributed by atoms with Gasteiger partial charge in [0.25, 0.3) is 5.91 Å². The maximum absolute atomic E-state index is 15.4. The van der Waals surface area contributed by atoms with Gasteiger partial charge in [-0.25, -0.2) is 9.37 Å². The number of halogens is 3. The largest absolute Gasteiger partial charge is 0.475 e. The molecule has 1 aliphatic heterocycles. The first-order valence-corrected chi connectivity index (χ1v) is 12.9. The van der Waals surface area contributed by atoms with E-state index in [0.717, 1.165) is 24.2 Å². The Balaban J connectivity index is 1.53. The molecule has 8 nitrogen and oxygen atoms in total. The maximum Gasteiger partial charge on any atom is 0.262 e. The fourth-order valence-electron chi connectivity index (χ4n) is 4.04. The van der Waals surface area contributed by atoms with E-state index in [9.17, 15) is 14.7 Å². The normalized spacial score (nSPS) is 15.4. The summed E-state index contributed by atoms with van der Waals surface area (Å²) in [6, 6.07) is 10.1. The fraction of sp³-hybridized carbons (Fsp3) is 0.346. The number of rotatable bonds is 7. The molecule has 11 heteroatoms. The number of piperidine rings is 1. The number of aliphatic hydroxyl groups excluding tert-OH is 1. The van der Waals surface area contributed by atoms with Crippen LogP contribution in [0.3, 0.4) is 0 Å². The number of aliphatic hydroxyl groups is 1. The Morgan fingerprint density at radius 2 is 1.95 bits per heavy atom. The highest BCUT2D eigenvalue weighted by molar-refractivity contribution is 9.10. The molecule has 3 aromatic rings. The Bertz CT molecular complexity index is 1290. The summed E-state index contributed by atoms with van der Waals surface area (Å²) in [5, 5.41) is 12.0. The van der Waals surface area contributed by atoms with E-state index in [1.807, 2.05) is 38.2 Å². The van der Waals surface area contributed by atoms with E-state index in [4.69, 9.17) is 20.8 Å². The summed E-state index contributed by atoms with van der Waals surface area (Å²) in [6.45, 7) is 2.84. The number of carbonyl (C=O) groups excluding carboxylic acids is 2. The van der Waals surface area contributed by atoms with Crippen LogP contribution in [0.2, 0.25) is 5.02 Å².